The van der Waals surface area contributed by atoms with E-state index >= 15 is 0 Å². The van der Waals surface area contributed by atoms with Crippen LogP contribution in [0.5, 0.6) is 0 Å². The van der Waals surface area contributed by atoms with E-state index in [2.05, 4.69) is 34.5 Å². The van der Waals surface area contributed by atoms with Crippen molar-refractivity contribution in [1.29, 1.82) is 0 Å². The standard InChI is InChI=1S/C17H27N3/c1-2-3-4-5-6-7-8-9-10-12-15-13-11-14-16-17(15)19-20-18-16/h11,13-14H,2-10,12H2,1H3,(H,18,19,20). The first-order valence-electron chi connectivity index (χ1n) is 8.20. The second-order valence-electron chi connectivity index (χ2n) is 5.69. The van der Waals surface area contributed by atoms with Gasteiger partial charge < -0.3 is 0 Å². The summed E-state index contributed by atoms with van der Waals surface area (Å²) in [6, 6.07) is 6.27. The van der Waals surface area contributed by atoms with Crippen LogP contribution in [0.4, 0.5) is 0 Å². The lowest BCUT2D eigenvalue weighted by molar-refractivity contribution is 0.565. The molecule has 1 N–H and O–H groups in total. The molecule has 0 spiro atoms. The van der Waals surface area contributed by atoms with Crippen LogP contribution in [0.3, 0.4) is 0 Å². The highest BCUT2D eigenvalue weighted by Crippen LogP contribution is 2.17. The van der Waals surface area contributed by atoms with Crippen LogP contribution in [0, 0.1) is 0 Å². The lowest BCUT2D eigenvalue weighted by Gasteiger charge is -2.03. The highest BCUT2D eigenvalue weighted by Gasteiger charge is 2.03. The van der Waals surface area contributed by atoms with Gasteiger partial charge in [-0.1, -0.05) is 70.4 Å². The van der Waals surface area contributed by atoms with E-state index in [0.717, 1.165) is 17.5 Å². The largest absolute Gasteiger partial charge is 0.197 e. The second-order valence-corrected chi connectivity index (χ2v) is 5.69. The summed E-state index contributed by atoms with van der Waals surface area (Å²) in [5.74, 6) is 0. The Kier molecular flexibility index (Phi) is 6.55. The zero-order chi connectivity index (χ0) is 14.0. The minimum absolute atomic E-state index is 0.985. The fourth-order valence-electron chi connectivity index (χ4n) is 2.75. The minimum atomic E-state index is 0.985. The lowest BCUT2D eigenvalue weighted by Crippen LogP contribution is -1.88. The zero-order valence-electron chi connectivity index (χ0n) is 12.7. The number of H-pyrrole nitrogens is 1. The molecule has 1 aromatic heterocycles. The maximum atomic E-state index is 4.24. The number of aromatic amines is 1. The van der Waals surface area contributed by atoms with Crippen molar-refractivity contribution in [3.63, 3.8) is 0 Å². The average Bonchev–Trinajstić information content (AvgIpc) is 2.95. The van der Waals surface area contributed by atoms with Crippen LogP contribution < -0.4 is 0 Å². The van der Waals surface area contributed by atoms with Gasteiger partial charge in [0.1, 0.15) is 11.0 Å². The number of nitrogens with zero attached hydrogens (tertiary/aromatic N) is 2. The summed E-state index contributed by atoms with van der Waals surface area (Å²) in [5.41, 5.74) is 3.37. The number of unbranched alkanes of at least 4 members (excludes halogenated alkanes) is 8. The SMILES string of the molecule is CCCCCCCCCCCc1cccc2n[nH]nc12. The summed E-state index contributed by atoms with van der Waals surface area (Å²) in [7, 11) is 0. The Hall–Kier alpha value is -1.38. The molecule has 0 saturated carbocycles. The van der Waals surface area contributed by atoms with Crippen LogP contribution in [0.25, 0.3) is 11.0 Å². The average molecular weight is 273 g/mol. The molecule has 0 radical (unpaired) electrons. The fraction of sp³-hybridized carbons (Fsp3) is 0.647. The molecular weight excluding hydrogens is 246 g/mol. The van der Waals surface area contributed by atoms with Gasteiger partial charge in [0.25, 0.3) is 0 Å². The summed E-state index contributed by atoms with van der Waals surface area (Å²) in [6.45, 7) is 2.27. The van der Waals surface area contributed by atoms with Crippen LogP contribution in [0.1, 0.15) is 70.3 Å². The maximum absolute atomic E-state index is 4.24. The van der Waals surface area contributed by atoms with Gasteiger partial charge in [-0.3, -0.25) is 0 Å². The first kappa shape index (κ1) is 15.0. The molecule has 3 heteroatoms. The van der Waals surface area contributed by atoms with Crippen LogP contribution >= 0.6 is 0 Å². The van der Waals surface area contributed by atoms with Gasteiger partial charge in [-0.25, -0.2) is 0 Å². The van der Waals surface area contributed by atoms with E-state index in [0.29, 0.717) is 0 Å². The van der Waals surface area contributed by atoms with Crippen molar-refractivity contribution in [1.82, 2.24) is 15.4 Å². The maximum Gasteiger partial charge on any atom is 0.116 e. The van der Waals surface area contributed by atoms with Crippen molar-refractivity contribution in [2.45, 2.75) is 71.1 Å². The highest BCUT2D eigenvalue weighted by atomic mass is 15.3. The molecule has 1 aromatic carbocycles. The summed E-state index contributed by atoms with van der Waals surface area (Å²) in [5, 5.41) is 11.1. The minimum Gasteiger partial charge on any atom is -0.197 e. The monoisotopic (exact) mass is 273 g/mol. The van der Waals surface area contributed by atoms with Crippen molar-refractivity contribution in [2.24, 2.45) is 0 Å². The van der Waals surface area contributed by atoms with Crippen LogP contribution in [0.15, 0.2) is 18.2 Å². The molecule has 0 bridgehead atoms. The van der Waals surface area contributed by atoms with Crippen molar-refractivity contribution >= 4 is 11.0 Å². The van der Waals surface area contributed by atoms with E-state index in [-0.39, 0.29) is 0 Å². The van der Waals surface area contributed by atoms with Crippen molar-refractivity contribution in [2.75, 3.05) is 0 Å². The molecule has 0 atom stereocenters. The number of aryl methyl sites for hydroxylation is 1. The molecular formula is C17H27N3. The third kappa shape index (κ3) is 4.62. The zero-order valence-corrected chi connectivity index (χ0v) is 12.7. The van der Waals surface area contributed by atoms with E-state index in [1.54, 1.807) is 0 Å². The molecule has 0 aliphatic carbocycles. The quantitative estimate of drug-likeness (QED) is 0.617. The number of hydrogen-bond donors (Lipinski definition) is 1. The molecule has 0 unspecified atom stereocenters. The lowest BCUT2D eigenvalue weighted by atomic mass is 10.0. The number of aromatic nitrogens is 3. The van der Waals surface area contributed by atoms with Gasteiger partial charge in [0.15, 0.2) is 0 Å². The van der Waals surface area contributed by atoms with E-state index in [4.69, 9.17) is 0 Å². The third-order valence-electron chi connectivity index (χ3n) is 3.98. The number of fused-ring (bicyclic) bond motifs is 1. The van der Waals surface area contributed by atoms with E-state index in [1.807, 2.05) is 6.07 Å². The molecule has 1 heterocycles. The molecule has 0 fully saturated rings. The van der Waals surface area contributed by atoms with E-state index in [9.17, 15) is 0 Å². The van der Waals surface area contributed by atoms with E-state index in [1.165, 1.54) is 63.4 Å². The van der Waals surface area contributed by atoms with Gasteiger partial charge in [0, 0.05) is 0 Å². The molecule has 3 nitrogen and oxygen atoms in total. The normalized spacial score (nSPS) is 11.2. The fourth-order valence-corrected chi connectivity index (χ4v) is 2.75. The summed E-state index contributed by atoms with van der Waals surface area (Å²) >= 11 is 0. The molecule has 2 aromatic rings. The van der Waals surface area contributed by atoms with Gasteiger partial charge in [0.2, 0.25) is 0 Å². The number of para-hydroxylation sites is 1. The number of rotatable bonds is 10. The van der Waals surface area contributed by atoms with Gasteiger partial charge in [-0.15, -0.1) is 0 Å². The van der Waals surface area contributed by atoms with Gasteiger partial charge in [0.05, 0.1) is 0 Å². The number of benzene rings is 1. The Balaban J connectivity index is 1.58. The van der Waals surface area contributed by atoms with E-state index < -0.39 is 0 Å². The Labute approximate surface area is 122 Å². The van der Waals surface area contributed by atoms with Gasteiger partial charge >= 0.3 is 0 Å². The summed E-state index contributed by atoms with van der Waals surface area (Å²) in [6.07, 6.45) is 13.5. The van der Waals surface area contributed by atoms with Crippen LogP contribution in [-0.4, -0.2) is 15.4 Å². The van der Waals surface area contributed by atoms with Crippen molar-refractivity contribution in [3.05, 3.63) is 23.8 Å². The van der Waals surface area contributed by atoms with Crippen molar-refractivity contribution in [3.8, 4) is 0 Å². The topological polar surface area (TPSA) is 41.6 Å². The Bertz CT molecular complexity index is 490. The molecule has 2 rings (SSSR count). The predicted octanol–water partition coefficient (Wildman–Crippen LogP) is 5.03. The smallest absolute Gasteiger partial charge is 0.116 e. The number of hydrogen-bond acceptors (Lipinski definition) is 2. The Morgan fingerprint density at radius 1 is 0.850 bits per heavy atom. The predicted molar refractivity (Wildman–Crippen MR) is 84.8 cm³/mol. The second kappa shape index (κ2) is 8.72. The van der Waals surface area contributed by atoms with Gasteiger partial charge in [-0.2, -0.15) is 15.4 Å². The third-order valence-corrected chi connectivity index (χ3v) is 3.98. The first-order chi connectivity index (χ1) is 9.92. The Morgan fingerprint density at radius 3 is 2.30 bits per heavy atom. The molecule has 0 aliphatic heterocycles. The summed E-state index contributed by atoms with van der Waals surface area (Å²) in [4.78, 5) is 0. The van der Waals surface area contributed by atoms with Crippen molar-refractivity contribution < 1.29 is 0 Å². The van der Waals surface area contributed by atoms with Crippen LogP contribution in [-0.2, 0) is 6.42 Å². The number of nitrogens with one attached hydrogen (secondary N) is 1. The molecule has 0 amide bonds. The molecule has 20 heavy (non-hydrogen) atoms. The summed E-state index contributed by atoms with van der Waals surface area (Å²) < 4.78 is 0. The van der Waals surface area contributed by atoms with Crippen LogP contribution in [0.2, 0.25) is 0 Å². The molecule has 0 saturated heterocycles. The molecule has 0 aliphatic rings. The Morgan fingerprint density at radius 2 is 1.55 bits per heavy atom. The first-order valence-corrected chi connectivity index (χ1v) is 8.20. The highest BCUT2D eigenvalue weighted by molar-refractivity contribution is 5.77. The molecule has 110 valence electrons. The van der Waals surface area contributed by atoms with Gasteiger partial charge in [-0.05, 0) is 24.5 Å².